The van der Waals surface area contributed by atoms with Gasteiger partial charge in [0.15, 0.2) is 11.4 Å². The summed E-state index contributed by atoms with van der Waals surface area (Å²) in [5, 5.41) is 13.2. The Balaban J connectivity index is 1.63. The third-order valence-electron chi connectivity index (χ3n) is 4.93. The third-order valence-corrected chi connectivity index (χ3v) is 4.93. The van der Waals surface area contributed by atoms with Crippen LogP contribution in [0.3, 0.4) is 0 Å². The molecule has 1 aliphatic carbocycles. The molecule has 1 heterocycles. The highest BCUT2D eigenvalue weighted by molar-refractivity contribution is 5.24. The van der Waals surface area contributed by atoms with E-state index in [1.165, 1.54) is 24.3 Å². The summed E-state index contributed by atoms with van der Waals surface area (Å²) in [6.07, 6.45) is -2.14. The van der Waals surface area contributed by atoms with E-state index in [9.17, 15) is 18.3 Å². The Labute approximate surface area is 139 Å². The second-order valence-corrected chi connectivity index (χ2v) is 6.49. The quantitative estimate of drug-likeness (QED) is 0.881. The number of hydrogen-bond donors (Lipinski definition) is 2. The van der Waals surface area contributed by atoms with Gasteiger partial charge in [-0.05, 0) is 18.4 Å². The lowest BCUT2D eigenvalue weighted by Gasteiger charge is -2.38. The Morgan fingerprint density at radius 1 is 1.08 bits per heavy atom. The van der Waals surface area contributed by atoms with Crippen LogP contribution in [0.4, 0.5) is 13.2 Å². The molecule has 3 rings (SSSR count). The molecule has 2 N–H and O–H groups in total. The zero-order chi connectivity index (χ0) is 17.3. The molecule has 2 fully saturated rings. The SMILES string of the molecule is O[C@@](CNC1CCC2(CC1)OCCO2)(c1ccccc1)C(F)(F)F. The van der Waals surface area contributed by atoms with Gasteiger partial charge in [0.1, 0.15) is 0 Å². The number of aliphatic hydroxyl groups is 1. The second-order valence-electron chi connectivity index (χ2n) is 6.49. The highest BCUT2D eigenvalue weighted by Gasteiger charge is 2.55. The van der Waals surface area contributed by atoms with Crippen LogP contribution >= 0.6 is 0 Å². The van der Waals surface area contributed by atoms with Crippen molar-refractivity contribution in [2.45, 2.75) is 49.3 Å². The molecule has 2 aliphatic rings. The van der Waals surface area contributed by atoms with Crippen LogP contribution in [0.5, 0.6) is 0 Å². The standard InChI is InChI=1S/C17H22F3NO3/c18-17(19,20)16(22,13-4-2-1-3-5-13)12-21-14-6-8-15(9-7-14)23-10-11-24-15/h1-5,14,21-22H,6-12H2/t16-/m0/s1. The maximum Gasteiger partial charge on any atom is 0.422 e. The molecular formula is C17H22F3NO3. The number of halogens is 3. The third kappa shape index (κ3) is 3.44. The first-order valence-electron chi connectivity index (χ1n) is 8.21. The minimum Gasteiger partial charge on any atom is -0.375 e. The zero-order valence-corrected chi connectivity index (χ0v) is 13.3. The molecule has 1 saturated heterocycles. The zero-order valence-electron chi connectivity index (χ0n) is 13.3. The van der Waals surface area contributed by atoms with Crippen LogP contribution in [0.15, 0.2) is 30.3 Å². The molecule has 0 radical (unpaired) electrons. The Hall–Kier alpha value is -1.15. The van der Waals surface area contributed by atoms with Gasteiger partial charge in [-0.1, -0.05) is 30.3 Å². The van der Waals surface area contributed by atoms with Crippen LogP contribution in [-0.4, -0.2) is 42.9 Å². The van der Waals surface area contributed by atoms with Gasteiger partial charge >= 0.3 is 6.18 Å². The maximum atomic E-state index is 13.5. The van der Waals surface area contributed by atoms with E-state index < -0.39 is 24.1 Å². The van der Waals surface area contributed by atoms with Gasteiger partial charge in [-0.15, -0.1) is 0 Å². The normalized spacial score (nSPS) is 24.2. The number of ether oxygens (including phenoxy) is 2. The van der Waals surface area contributed by atoms with E-state index in [0.29, 0.717) is 38.9 Å². The van der Waals surface area contributed by atoms with Crippen LogP contribution in [0.25, 0.3) is 0 Å². The molecule has 1 atom stereocenters. The van der Waals surface area contributed by atoms with Gasteiger partial charge in [0.2, 0.25) is 0 Å². The van der Waals surface area contributed by atoms with Crippen LogP contribution in [0, 0.1) is 0 Å². The smallest absolute Gasteiger partial charge is 0.375 e. The van der Waals surface area contributed by atoms with E-state index >= 15 is 0 Å². The van der Waals surface area contributed by atoms with E-state index in [1.807, 2.05) is 0 Å². The minimum absolute atomic E-state index is 0.0963. The first-order chi connectivity index (χ1) is 11.3. The van der Waals surface area contributed by atoms with Crippen molar-refractivity contribution in [3.8, 4) is 0 Å². The van der Waals surface area contributed by atoms with E-state index in [-0.39, 0.29) is 11.6 Å². The van der Waals surface area contributed by atoms with Gasteiger partial charge in [-0.3, -0.25) is 0 Å². The van der Waals surface area contributed by atoms with Gasteiger partial charge in [0.25, 0.3) is 0 Å². The van der Waals surface area contributed by atoms with Crippen molar-refractivity contribution in [3.05, 3.63) is 35.9 Å². The van der Waals surface area contributed by atoms with Crippen LogP contribution in [-0.2, 0) is 15.1 Å². The van der Waals surface area contributed by atoms with Crippen molar-refractivity contribution in [1.82, 2.24) is 5.32 Å². The van der Waals surface area contributed by atoms with Crippen LogP contribution < -0.4 is 5.32 Å². The van der Waals surface area contributed by atoms with Crippen molar-refractivity contribution in [3.63, 3.8) is 0 Å². The summed E-state index contributed by atoms with van der Waals surface area (Å²) in [5.41, 5.74) is -3.05. The fourth-order valence-corrected chi connectivity index (χ4v) is 3.42. The highest BCUT2D eigenvalue weighted by Crippen LogP contribution is 2.40. The first-order valence-corrected chi connectivity index (χ1v) is 8.21. The summed E-state index contributed by atoms with van der Waals surface area (Å²) in [6.45, 7) is 0.569. The van der Waals surface area contributed by atoms with Crippen molar-refractivity contribution >= 4 is 0 Å². The molecule has 7 heteroatoms. The summed E-state index contributed by atoms with van der Waals surface area (Å²) in [4.78, 5) is 0. The summed E-state index contributed by atoms with van der Waals surface area (Å²) in [7, 11) is 0. The Kier molecular flexibility index (Phi) is 4.88. The first kappa shape index (κ1) is 17.7. The number of hydrogen-bond acceptors (Lipinski definition) is 4. The fraction of sp³-hybridized carbons (Fsp3) is 0.647. The van der Waals surface area contributed by atoms with Crippen molar-refractivity contribution < 1.29 is 27.8 Å². The molecule has 1 aromatic carbocycles. The Morgan fingerprint density at radius 3 is 2.21 bits per heavy atom. The van der Waals surface area contributed by atoms with Crippen molar-refractivity contribution in [2.75, 3.05) is 19.8 Å². The van der Waals surface area contributed by atoms with E-state index in [1.54, 1.807) is 6.07 Å². The summed E-state index contributed by atoms with van der Waals surface area (Å²) < 4.78 is 51.6. The van der Waals surface area contributed by atoms with Crippen LogP contribution in [0.2, 0.25) is 0 Å². The average molecular weight is 345 g/mol. The average Bonchev–Trinajstić information content (AvgIpc) is 3.02. The lowest BCUT2D eigenvalue weighted by molar-refractivity contribution is -0.265. The topological polar surface area (TPSA) is 50.7 Å². The molecule has 0 bridgehead atoms. The fourth-order valence-electron chi connectivity index (χ4n) is 3.42. The summed E-state index contributed by atoms with van der Waals surface area (Å²) in [6, 6.07) is 7.10. The molecule has 0 amide bonds. The van der Waals surface area contributed by atoms with Gasteiger partial charge < -0.3 is 19.9 Å². The van der Waals surface area contributed by atoms with Gasteiger partial charge in [0.05, 0.1) is 13.2 Å². The number of alkyl halides is 3. The predicted octanol–water partition coefficient (Wildman–Crippen LogP) is 2.71. The highest BCUT2D eigenvalue weighted by atomic mass is 19.4. The number of nitrogens with one attached hydrogen (secondary N) is 1. The van der Waals surface area contributed by atoms with Crippen LogP contribution in [0.1, 0.15) is 31.2 Å². The molecule has 24 heavy (non-hydrogen) atoms. The van der Waals surface area contributed by atoms with Gasteiger partial charge in [-0.25, -0.2) is 0 Å². The maximum absolute atomic E-state index is 13.5. The van der Waals surface area contributed by atoms with Gasteiger partial charge in [-0.2, -0.15) is 13.2 Å². The summed E-state index contributed by atoms with van der Waals surface area (Å²) in [5.74, 6) is -0.544. The molecule has 134 valence electrons. The minimum atomic E-state index is -4.76. The number of benzene rings is 1. The monoisotopic (exact) mass is 345 g/mol. The molecule has 1 aromatic rings. The molecule has 1 spiro atoms. The van der Waals surface area contributed by atoms with Crippen molar-refractivity contribution in [1.29, 1.82) is 0 Å². The second kappa shape index (κ2) is 6.63. The largest absolute Gasteiger partial charge is 0.422 e. The van der Waals surface area contributed by atoms with E-state index in [0.717, 1.165) is 0 Å². The molecule has 0 aromatic heterocycles. The van der Waals surface area contributed by atoms with Crippen molar-refractivity contribution in [2.24, 2.45) is 0 Å². The lowest BCUT2D eigenvalue weighted by atomic mass is 9.88. The van der Waals surface area contributed by atoms with Gasteiger partial charge in [0, 0.05) is 25.4 Å². The molecule has 1 aliphatic heterocycles. The van der Waals surface area contributed by atoms with E-state index in [4.69, 9.17) is 9.47 Å². The summed E-state index contributed by atoms with van der Waals surface area (Å²) >= 11 is 0. The Bertz CT molecular complexity index is 536. The van der Waals surface area contributed by atoms with E-state index in [2.05, 4.69) is 5.32 Å². The molecule has 1 saturated carbocycles. The molecule has 0 unspecified atom stereocenters. The lowest BCUT2D eigenvalue weighted by Crippen LogP contribution is -2.53. The molecule has 4 nitrogen and oxygen atoms in total. The molecular weight excluding hydrogens is 323 g/mol. The Morgan fingerprint density at radius 2 is 1.67 bits per heavy atom. The predicted molar refractivity (Wildman–Crippen MR) is 81.3 cm³/mol. The number of rotatable bonds is 4.